The van der Waals surface area contributed by atoms with Crippen molar-refractivity contribution in [2.24, 2.45) is 5.41 Å². The van der Waals surface area contributed by atoms with Crippen LogP contribution in [0.4, 0.5) is 5.69 Å². The number of aromatic nitrogens is 1. The summed E-state index contributed by atoms with van der Waals surface area (Å²) in [6.45, 7) is 2.62. The van der Waals surface area contributed by atoms with Gasteiger partial charge in [-0.05, 0) is 42.9 Å². The molecule has 0 spiro atoms. The summed E-state index contributed by atoms with van der Waals surface area (Å²) in [5.74, 6) is 0. The van der Waals surface area contributed by atoms with Crippen LogP contribution in [0.25, 0.3) is 10.9 Å². The van der Waals surface area contributed by atoms with Gasteiger partial charge in [-0.2, -0.15) is 0 Å². The summed E-state index contributed by atoms with van der Waals surface area (Å²) in [5.41, 5.74) is 7.25. The normalized spacial score (nSPS) is 17.4. The van der Waals surface area contributed by atoms with Crippen LogP contribution in [0.3, 0.4) is 0 Å². The first-order valence-electron chi connectivity index (χ1n) is 6.82. The number of anilines is 1. The molecule has 1 aromatic heterocycles. The molecule has 0 atom stereocenters. The summed E-state index contributed by atoms with van der Waals surface area (Å²) >= 11 is 0. The summed E-state index contributed by atoms with van der Waals surface area (Å²) in [4.78, 5) is 3.24. The molecule has 108 valence electrons. The molecule has 4 N–H and O–H groups in total. The molecule has 1 fully saturated rings. The maximum absolute atomic E-state index is 12.4. The van der Waals surface area contributed by atoms with Crippen LogP contribution in [0.2, 0.25) is 0 Å². The summed E-state index contributed by atoms with van der Waals surface area (Å²) in [6.07, 6.45) is 4.74. The highest BCUT2D eigenvalue weighted by Crippen LogP contribution is 2.48. The van der Waals surface area contributed by atoms with Crippen molar-refractivity contribution in [1.29, 1.82) is 0 Å². The van der Waals surface area contributed by atoms with Crippen LogP contribution in [0, 0.1) is 5.41 Å². The molecule has 3 rings (SSSR count). The van der Waals surface area contributed by atoms with Gasteiger partial charge in [-0.1, -0.05) is 6.92 Å². The van der Waals surface area contributed by atoms with E-state index in [9.17, 15) is 8.42 Å². The third kappa shape index (κ3) is 2.29. The van der Waals surface area contributed by atoms with Crippen LogP contribution >= 0.6 is 0 Å². The zero-order valence-corrected chi connectivity index (χ0v) is 12.3. The van der Waals surface area contributed by atoms with Gasteiger partial charge in [0.15, 0.2) is 0 Å². The molecule has 1 saturated carbocycles. The van der Waals surface area contributed by atoms with E-state index in [-0.39, 0.29) is 10.3 Å². The first kappa shape index (κ1) is 13.5. The number of nitrogens with two attached hydrogens (primary N) is 1. The van der Waals surface area contributed by atoms with E-state index >= 15 is 0 Å². The smallest absolute Gasteiger partial charge is 0.242 e. The van der Waals surface area contributed by atoms with Crippen LogP contribution in [0.5, 0.6) is 0 Å². The summed E-state index contributed by atoms with van der Waals surface area (Å²) in [5, 5.41) is 0.638. The number of nitrogen functional groups attached to an aromatic ring is 1. The van der Waals surface area contributed by atoms with E-state index < -0.39 is 10.0 Å². The van der Waals surface area contributed by atoms with Crippen molar-refractivity contribution in [3.8, 4) is 0 Å². The number of fused-ring (bicyclic) bond motifs is 1. The largest absolute Gasteiger partial charge is 0.399 e. The van der Waals surface area contributed by atoms with Gasteiger partial charge >= 0.3 is 0 Å². The lowest BCUT2D eigenvalue weighted by Gasteiger charge is -2.13. The quantitative estimate of drug-likeness (QED) is 0.739. The number of sulfonamides is 1. The van der Waals surface area contributed by atoms with Gasteiger partial charge in [-0.3, -0.25) is 0 Å². The van der Waals surface area contributed by atoms with Crippen molar-refractivity contribution >= 4 is 26.6 Å². The van der Waals surface area contributed by atoms with Crippen molar-refractivity contribution in [3.63, 3.8) is 0 Å². The Morgan fingerprint density at radius 3 is 2.80 bits per heavy atom. The van der Waals surface area contributed by atoms with E-state index in [2.05, 4.69) is 16.6 Å². The van der Waals surface area contributed by atoms with Gasteiger partial charge in [0, 0.05) is 29.3 Å². The predicted molar refractivity (Wildman–Crippen MR) is 79.9 cm³/mol. The summed E-state index contributed by atoms with van der Waals surface area (Å²) in [6, 6.07) is 5.23. The lowest BCUT2D eigenvalue weighted by atomic mass is 10.1. The Morgan fingerprint density at radius 2 is 2.15 bits per heavy atom. The zero-order chi connectivity index (χ0) is 14.4. The number of hydrogen-bond donors (Lipinski definition) is 3. The molecule has 0 bridgehead atoms. The van der Waals surface area contributed by atoms with Gasteiger partial charge in [-0.25, -0.2) is 13.1 Å². The zero-order valence-electron chi connectivity index (χ0n) is 11.4. The van der Waals surface area contributed by atoms with Crippen LogP contribution < -0.4 is 10.5 Å². The molecule has 0 saturated heterocycles. The van der Waals surface area contributed by atoms with Gasteiger partial charge in [0.25, 0.3) is 0 Å². The maximum Gasteiger partial charge on any atom is 0.242 e. The molecule has 1 aliphatic rings. The molecule has 0 amide bonds. The summed E-state index contributed by atoms with van der Waals surface area (Å²) < 4.78 is 27.6. The number of aromatic amines is 1. The topological polar surface area (TPSA) is 88.0 Å². The highest BCUT2D eigenvalue weighted by molar-refractivity contribution is 7.89. The second-order valence-electron chi connectivity index (χ2n) is 5.64. The number of benzene rings is 1. The van der Waals surface area contributed by atoms with E-state index in [1.54, 1.807) is 18.2 Å². The Morgan fingerprint density at radius 1 is 1.40 bits per heavy atom. The molecule has 0 aliphatic heterocycles. The monoisotopic (exact) mass is 293 g/mol. The molecule has 0 unspecified atom stereocenters. The fourth-order valence-electron chi connectivity index (χ4n) is 2.49. The lowest BCUT2D eigenvalue weighted by molar-refractivity contribution is 0.476. The standard InChI is InChI=1S/C14H19N3O2S/c1-2-14(5-6-14)9-17-20(18,19)13-8-16-12-4-3-10(15)7-11(12)13/h3-4,7-8,16-17H,2,5-6,9,15H2,1H3. The van der Waals surface area contributed by atoms with E-state index in [0.717, 1.165) is 24.8 Å². The third-order valence-corrected chi connectivity index (χ3v) is 5.74. The van der Waals surface area contributed by atoms with Crippen molar-refractivity contribution in [3.05, 3.63) is 24.4 Å². The number of H-pyrrole nitrogens is 1. The number of hydrogen-bond acceptors (Lipinski definition) is 3. The predicted octanol–water partition coefficient (Wildman–Crippen LogP) is 2.22. The molecular formula is C14H19N3O2S. The average Bonchev–Trinajstić information content (AvgIpc) is 3.08. The van der Waals surface area contributed by atoms with Crippen LogP contribution in [0.1, 0.15) is 26.2 Å². The van der Waals surface area contributed by atoms with Crippen molar-refractivity contribution in [2.45, 2.75) is 31.1 Å². The maximum atomic E-state index is 12.4. The van der Waals surface area contributed by atoms with Crippen molar-refractivity contribution < 1.29 is 8.42 Å². The van der Waals surface area contributed by atoms with Crippen LogP contribution in [-0.4, -0.2) is 19.9 Å². The van der Waals surface area contributed by atoms with Gasteiger partial charge < -0.3 is 10.7 Å². The second-order valence-corrected chi connectivity index (χ2v) is 7.37. The summed E-state index contributed by atoms with van der Waals surface area (Å²) in [7, 11) is -3.50. The molecule has 5 nitrogen and oxygen atoms in total. The van der Waals surface area contributed by atoms with Gasteiger partial charge in [-0.15, -0.1) is 0 Å². The highest BCUT2D eigenvalue weighted by Gasteiger charge is 2.41. The Bertz CT molecular complexity index is 745. The molecule has 20 heavy (non-hydrogen) atoms. The van der Waals surface area contributed by atoms with E-state index in [0.29, 0.717) is 17.6 Å². The molecule has 6 heteroatoms. The van der Waals surface area contributed by atoms with Gasteiger partial charge in [0.05, 0.1) is 0 Å². The first-order valence-corrected chi connectivity index (χ1v) is 8.30. The second kappa shape index (κ2) is 4.49. The first-order chi connectivity index (χ1) is 9.46. The molecule has 1 aromatic carbocycles. The van der Waals surface area contributed by atoms with Crippen LogP contribution in [-0.2, 0) is 10.0 Å². The van der Waals surface area contributed by atoms with E-state index in [1.807, 2.05) is 0 Å². The minimum atomic E-state index is -3.50. The molecule has 0 radical (unpaired) electrons. The van der Waals surface area contributed by atoms with Crippen molar-refractivity contribution in [2.75, 3.05) is 12.3 Å². The fraction of sp³-hybridized carbons (Fsp3) is 0.429. The highest BCUT2D eigenvalue weighted by atomic mass is 32.2. The third-order valence-electron chi connectivity index (χ3n) is 4.30. The Labute approximate surface area is 118 Å². The van der Waals surface area contributed by atoms with Crippen LogP contribution in [0.15, 0.2) is 29.3 Å². The van der Waals surface area contributed by atoms with Gasteiger partial charge in [0.1, 0.15) is 4.90 Å². The van der Waals surface area contributed by atoms with E-state index in [4.69, 9.17) is 5.73 Å². The van der Waals surface area contributed by atoms with Crippen molar-refractivity contribution in [1.82, 2.24) is 9.71 Å². The number of nitrogens with one attached hydrogen (secondary N) is 2. The lowest BCUT2D eigenvalue weighted by Crippen LogP contribution is -2.30. The molecule has 2 aromatic rings. The Kier molecular flexibility index (Phi) is 3.02. The molecular weight excluding hydrogens is 274 g/mol. The minimum absolute atomic E-state index is 0.179. The average molecular weight is 293 g/mol. The Hall–Kier alpha value is -1.53. The minimum Gasteiger partial charge on any atom is -0.399 e. The Balaban J connectivity index is 1.91. The molecule has 1 aliphatic carbocycles. The molecule has 1 heterocycles. The van der Waals surface area contributed by atoms with Gasteiger partial charge in [0.2, 0.25) is 10.0 Å². The fourth-order valence-corrected chi connectivity index (χ4v) is 3.82. The SMILES string of the molecule is CCC1(CNS(=O)(=O)c2c[nH]c3ccc(N)cc23)CC1. The number of rotatable bonds is 5. The van der Waals surface area contributed by atoms with E-state index in [1.165, 1.54) is 6.20 Å².